The van der Waals surface area contributed by atoms with Crippen molar-refractivity contribution in [1.29, 1.82) is 0 Å². The van der Waals surface area contributed by atoms with Crippen LogP contribution in [0.3, 0.4) is 0 Å². The van der Waals surface area contributed by atoms with Crippen LogP contribution in [0.5, 0.6) is 0 Å². The third-order valence-electron chi connectivity index (χ3n) is 6.18. The Morgan fingerprint density at radius 1 is 1.07 bits per heavy atom. The minimum absolute atomic E-state index is 0.220. The average molecular weight is 416 g/mol. The number of hydrogen-bond acceptors (Lipinski definition) is 3. The summed E-state index contributed by atoms with van der Waals surface area (Å²) in [4.78, 5) is 0. The van der Waals surface area contributed by atoms with Crippen molar-refractivity contribution in [3.8, 4) is 22.3 Å². The summed E-state index contributed by atoms with van der Waals surface area (Å²) >= 11 is 0. The molecule has 158 valence electrons. The first-order valence-corrected chi connectivity index (χ1v) is 9.77. The Balaban J connectivity index is 1.97. The van der Waals surface area contributed by atoms with E-state index in [1.54, 1.807) is 35.3 Å². The largest absolute Gasteiger partial charge is 0.425 e. The predicted octanol–water partition coefficient (Wildman–Crippen LogP) is 4.97. The second kappa shape index (κ2) is 6.68. The monoisotopic (exact) mass is 416 g/mol. The fourth-order valence-electron chi connectivity index (χ4n) is 4.03. The molecule has 1 aromatic heterocycles. The smallest absolute Gasteiger partial charge is 0.392 e. The Labute approximate surface area is 172 Å². The van der Waals surface area contributed by atoms with Crippen LogP contribution in [0.25, 0.3) is 22.3 Å². The third kappa shape index (κ3) is 2.80. The van der Waals surface area contributed by atoms with Gasteiger partial charge in [-0.2, -0.15) is 18.3 Å². The minimum Gasteiger partial charge on any atom is -0.392 e. The van der Waals surface area contributed by atoms with Gasteiger partial charge in [-0.05, 0) is 54.7 Å². The van der Waals surface area contributed by atoms with Crippen molar-refractivity contribution < 1.29 is 23.4 Å². The molecular formula is C23H23F3N2O2. The zero-order valence-corrected chi connectivity index (χ0v) is 17.0. The molecule has 1 aliphatic carbocycles. The van der Waals surface area contributed by atoms with Crippen molar-refractivity contribution in [2.75, 3.05) is 0 Å². The van der Waals surface area contributed by atoms with Crippen LogP contribution < -0.4 is 0 Å². The summed E-state index contributed by atoms with van der Waals surface area (Å²) in [5, 5.41) is 25.3. The van der Waals surface area contributed by atoms with Crippen molar-refractivity contribution in [1.82, 2.24) is 9.78 Å². The van der Waals surface area contributed by atoms with Crippen LogP contribution in [0.4, 0.5) is 13.2 Å². The molecule has 0 bridgehead atoms. The van der Waals surface area contributed by atoms with Crippen LogP contribution in [0.15, 0.2) is 48.8 Å². The van der Waals surface area contributed by atoms with Gasteiger partial charge >= 0.3 is 6.18 Å². The molecule has 4 rings (SSSR count). The van der Waals surface area contributed by atoms with Gasteiger partial charge < -0.3 is 10.2 Å². The highest BCUT2D eigenvalue weighted by Gasteiger charge is 2.61. The molecule has 2 N–H and O–H groups in total. The van der Waals surface area contributed by atoms with Crippen molar-refractivity contribution >= 4 is 0 Å². The Kier molecular flexibility index (Phi) is 4.60. The molecule has 2 aromatic carbocycles. The first-order valence-electron chi connectivity index (χ1n) is 9.77. The lowest BCUT2D eigenvalue weighted by molar-refractivity contribution is -0.246. The summed E-state index contributed by atoms with van der Waals surface area (Å²) in [6, 6.07) is 8.94. The van der Waals surface area contributed by atoms with Gasteiger partial charge in [0.2, 0.25) is 5.60 Å². The molecule has 1 heterocycles. The number of rotatable bonds is 4. The number of alkyl halides is 3. The molecule has 1 aliphatic rings. The Morgan fingerprint density at radius 3 is 2.40 bits per heavy atom. The van der Waals surface area contributed by atoms with E-state index in [1.807, 2.05) is 20.8 Å². The molecule has 1 unspecified atom stereocenters. The summed E-state index contributed by atoms with van der Waals surface area (Å²) in [6.45, 7) is 5.61. The van der Waals surface area contributed by atoms with E-state index < -0.39 is 18.4 Å². The SMILES string of the molecule is CCC(C)(C)n1cc(-c2cc(CO)c3c(c2)C(O)(C(F)(F)F)c2ccccc2-3)cn1. The van der Waals surface area contributed by atoms with Crippen LogP contribution in [-0.2, 0) is 17.7 Å². The number of aromatic nitrogens is 2. The molecule has 0 saturated carbocycles. The lowest BCUT2D eigenvalue weighted by Gasteiger charge is -2.28. The number of fused-ring (bicyclic) bond motifs is 3. The highest BCUT2D eigenvalue weighted by Crippen LogP contribution is 2.56. The number of aliphatic hydroxyl groups is 2. The van der Waals surface area contributed by atoms with E-state index in [2.05, 4.69) is 5.10 Å². The second-order valence-corrected chi connectivity index (χ2v) is 8.31. The number of benzene rings is 2. The van der Waals surface area contributed by atoms with Crippen LogP contribution >= 0.6 is 0 Å². The number of halogens is 3. The summed E-state index contributed by atoms with van der Waals surface area (Å²) in [6.07, 6.45) is -0.729. The topological polar surface area (TPSA) is 58.3 Å². The fourth-order valence-corrected chi connectivity index (χ4v) is 4.03. The molecule has 4 nitrogen and oxygen atoms in total. The molecule has 7 heteroatoms. The quantitative estimate of drug-likeness (QED) is 0.632. The lowest BCUT2D eigenvalue weighted by Crippen LogP contribution is -2.41. The first-order chi connectivity index (χ1) is 14.0. The highest BCUT2D eigenvalue weighted by atomic mass is 19.4. The minimum atomic E-state index is -4.92. The number of aliphatic hydroxyl groups excluding tert-OH is 1. The highest BCUT2D eigenvalue weighted by molar-refractivity contribution is 5.86. The molecule has 30 heavy (non-hydrogen) atoms. The molecule has 3 aromatic rings. The molecule has 0 spiro atoms. The summed E-state index contributed by atoms with van der Waals surface area (Å²) < 4.78 is 44.2. The summed E-state index contributed by atoms with van der Waals surface area (Å²) in [5.41, 5.74) is -1.94. The van der Waals surface area contributed by atoms with Gasteiger partial charge in [-0.3, -0.25) is 4.68 Å². The first kappa shape index (κ1) is 20.6. The van der Waals surface area contributed by atoms with E-state index >= 15 is 0 Å². The molecule has 0 fully saturated rings. The Bertz CT molecular complexity index is 1120. The normalized spacial score (nSPS) is 18.4. The average Bonchev–Trinajstić information content (AvgIpc) is 3.31. The van der Waals surface area contributed by atoms with Gasteiger partial charge in [0.05, 0.1) is 18.3 Å². The molecule has 1 atom stereocenters. The Hall–Kier alpha value is -2.64. The molecule has 0 amide bonds. The number of nitrogens with zero attached hydrogens (tertiary/aromatic N) is 2. The van der Waals surface area contributed by atoms with Crippen molar-refractivity contribution in [3.05, 3.63) is 65.5 Å². The van der Waals surface area contributed by atoms with Gasteiger partial charge in [-0.1, -0.05) is 31.2 Å². The molecule has 0 radical (unpaired) electrons. The lowest BCUT2D eigenvalue weighted by atomic mass is 9.88. The van der Waals surface area contributed by atoms with Crippen molar-refractivity contribution in [2.24, 2.45) is 0 Å². The van der Waals surface area contributed by atoms with Crippen molar-refractivity contribution in [2.45, 2.75) is 51.1 Å². The van der Waals surface area contributed by atoms with Crippen LogP contribution in [0.2, 0.25) is 0 Å². The summed E-state index contributed by atoms with van der Waals surface area (Å²) in [5.74, 6) is 0. The van der Waals surface area contributed by atoms with E-state index in [4.69, 9.17) is 0 Å². The molecular weight excluding hydrogens is 393 g/mol. The predicted molar refractivity (Wildman–Crippen MR) is 108 cm³/mol. The molecule has 0 saturated heterocycles. The van der Waals surface area contributed by atoms with E-state index in [0.29, 0.717) is 16.7 Å². The maximum absolute atomic E-state index is 14.1. The Morgan fingerprint density at radius 2 is 1.77 bits per heavy atom. The van der Waals surface area contributed by atoms with E-state index in [0.717, 1.165) is 6.42 Å². The molecule has 0 aliphatic heterocycles. The second-order valence-electron chi connectivity index (χ2n) is 8.31. The standard InChI is InChI=1S/C23H23F3N2O2/c1-4-21(2,3)28-12-16(11-27-28)14-9-15(13-29)20-17-7-5-6-8-18(17)22(30,19(20)10-14)23(24,25)26/h5-12,29-30H,4,13H2,1-3H3. The maximum atomic E-state index is 14.1. The van der Waals surface area contributed by atoms with Gasteiger partial charge in [-0.15, -0.1) is 0 Å². The zero-order valence-electron chi connectivity index (χ0n) is 17.0. The third-order valence-corrected chi connectivity index (χ3v) is 6.18. The zero-order chi connectivity index (χ0) is 21.9. The fraction of sp³-hybridized carbons (Fsp3) is 0.348. The van der Waals surface area contributed by atoms with Gasteiger partial charge in [0, 0.05) is 22.9 Å². The van der Waals surface area contributed by atoms with Gasteiger partial charge in [-0.25, -0.2) is 0 Å². The maximum Gasteiger partial charge on any atom is 0.425 e. The van der Waals surface area contributed by atoms with E-state index in [9.17, 15) is 23.4 Å². The van der Waals surface area contributed by atoms with E-state index in [-0.39, 0.29) is 27.8 Å². The van der Waals surface area contributed by atoms with Crippen molar-refractivity contribution in [3.63, 3.8) is 0 Å². The van der Waals surface area contributed by atoms with Gasteiger partial charge in [0.15, 0.2) is 0 Å². The van der Waals surface area contributed by atoms with Gasteiger partial charge in [0.25, 0.3) is 0 Å². The summed E-state index contributed by atoms with van der Waals surface area (Å²) in [7, 11) is 0. The van der Waals surface area contributed by atoms with Crippen LogP contribution in [0.1, 0.15) is 43.9 Å². The van der Waals surface area contributed by atoms with Gasteiger partial charge in [0.1, 0.15) is 0 Å². The van der Waals surface area contributed by atoms with Crippen LogP contribution in [0, 0.1) is 0 Å². The van der Waals surface area contributed by atoms with E-state index in [1.165, 1.54) is 18.2 Å². The van der Waals surface area contributed by atoms with Crippen LogP contribution in [-0.4, -0.2) is 26.2 Å². The number of hydrogen-bond donors (Lipinski definition) is 2.